The van der Waals surface area contributed by atoms with Crippen LogP contribution in [0.25, 0.3) is 0 Å². The van der Waals surface area contributed by atoms with Crippen LogP contribution in [0.3, 0.4) is 0 Å². The molecule has 5 rings (SSSR count). The molecule has 41 heavy (non-hydrogen) atoms. The van der Waals surface area contributed by atoms with Gasteiger partial charge < -0.3 is 24.7 Å². The van der Waals surface area contributed by atoms with Crippen molar-refractivity contribution in [2.45, 2.75) is 12.5 Å². The van der Waals surface area contributed by atoms with E-state index in [0.29, 0.717) is 37.9 Å². The Morgan fingerprint density at radius 3 is 2.39 bits per heavy atom. The van der Waals surface area contributed by atoms with Gasteiger partial charge in [-0.1, -0.05) is 65.1 Å². The minimum atomic E-state index is -0.621. The van der Waals surface area contributed by atoms with Crippen LogP contribution < -0.4 is 24.7 Å². The van der Waals surface area contributed by atoms with Crippen LogP contribution in [0.4, 0.5) is 0 Å². The fourth-order valence-electron chi connectivity index (χ4n) is 4.29. The third-order valence-corrected chi connectivity index (χ3v) is 7.00. The third-order valence-electron chi connectivity index (χ3n) is 6.18. The molecule has 1 atom stereocenters. The van der Waals surface area contributed by atoms with Gasteiger partial charge in [-0.3, -0.25) is 0 Å². The van der Waals surface area contributed by atoms with Crippen LogP contribution >= 0.6 is 34.8 Å². The maximum absolute atomic E-state index is 12.4. The molecule has 4 aromatic carbocycles. The molecule has 7 nitrogen and oxygen atoms in total. The maximum atomic E-state index is 12.4. The van der Waals surface area contributed by atoms with Crippen LogP contribution in [0.1, 0.15) is 22.6 Å². The van der Waals surface area contributed by atoms with Crippen LogP contribution in [0.5, 0.6) is 23.0 Å². The van der Waals surface area contributed by atoms with Crippen LogP contribution in [0.15, 0.2) is 96.4 Å². The number of rotatable bonds is 8. The molecule has 4 aromatic rings. The van der Waals surface area contributed by atoms with Gasteiger partial charge in [-0.25, -0.2) is 4.79 Å². The van der Waals surface area contributed by atoms with Gasteiger partial charge >= 0.3 is 5.97 Å². The summed E-state index contributed by atoms with van der Waals surface area (Å²) in [6.07, 6.45) is 0. The van der Waals surface area contributed by atoms with Gasteiger partial charge in [0, 0.05) is 32.3 Å². The molecular formula is C31H21Cl3N2O5. The van der Waals surface area contributed by atoms with Crippen molar-refractivity contribution in [2.75, 3.05) is 6.61 Å². The van der Waals surface area contributed by atoms with Crippen LogP contribution in [-0.2, 0) is 11.4 Å². The number of benzene rings is 4. The van der Waals surface area contributed by atoms with E-state index in [2.05, 4.69) is 6.07 Å². The Kier molecular flexibility index (Phi) is 8.55. The molecule has 0 saturated heterocycles. The molecule has 0 radical (unpaired) electrons. The van der Waals surface area contributed by atoms with Crippen molar-refractivity contribution in [1.82, 2.24) is 0 Å². The quantitative estimate of drug-likeness (QED) is 0.164. The van der Waals surface area contributed by atoms with Crippen molar-refractivity contribution >= 4 is 40.8 Å². The molecule has 0 aromatic heterocycles. The molecule has 1 aliphatic rings. The molecule has 1 heterocycles. The summed E-state index contributed by atoms with van der Waals surface area (Å²) in [5.74, 6) is 0.390. The first-order chi connectivity index (χ1) is 19.8. The Labute approximate surface area is 251 Å². The van der Waals surface area contributed by atoms with Crippen molar-refractivity contribution < 1.29 is 23.7 Å². The number of carbonyl (C=O) groups is 1. The van der Waals surface area contributed by atoms with E-state index in [0.717, 1.165) is 11.1 Å². The largest absolute Gasteiger partial charge is 0.489 e. The highest BCUT2D eigenvalue weighted by Crippen LogP contribution is 2.44. The molecule has 0 saturated carbocycles. The van der Waals surface area contributed by atoms with E-state index in [4.69, 9.17) is 59.5 Å². The molecular weight excluding hydrogens is 587 g/mol. The van der Waals surface area contributed by atoms with Gasteiger partial charge in [0.2, 0.25) is 5.88 Å². The lowest BCUT2D eigenvalue weighted by Gasteiger charge is -2.27. The second-order valence-electron chi connectivity index (χ2n) is 8.94. The average Bonchev–Trinajstić information content (AvgIpc) is 2.95. The molecule has 0 spiro atoms. The van der Waals surface area contributed by atoms with Crippen molar-refractivity contribution in [1.29, 1.82) is 5.26 Å². The first-order valence-electron chi connectivity index (χ1n) is 12.3. The van der Waals surface area contributed by atoms with Crippen molar-refractivity contribution in [3.63, 3.8) is 0 Å². The van der Waals surface area contributed by atoms with Crippen LogP contribution in [0, 0.1) is 11.3 Å². The Morgan fingerprint density at radius 1 is 0.878 bits per heavy atom. The van der Waals surface area contributed by atoms with E-state index in [1.54, 1.807) is 66.7 Å². The summed E-state index contributed by atoms with van der Waals surface area (Å²) in [6.45, 7) is -0.0990. The lowest BCUT2D eigenvalue weighted by molar-refractivity contribution is -0.136. The van der Waals surface area contributed by atoms with Crippen LogP contribution in [-0.4, -0.2) is 12.6 Å². The number of fused-ring (bicyclic) bond motifs is 1. The summed E-state index contributed by atoms with van der Waals surface area (Å²) < 4.78 is 22.6. The van der Waals surface area contributed by atoms with Crippen molar-refractivity contribution in [3.05, 3.63) is 128 Å². The normalized spacial score (nSPS) is 14.0. The lowest BCUT2D eigenvalue weighted by Crippen LogP contribution is -2.21. The monoisotopic (exact) mass is 606 g/mol. The fourth-order valence-corrected chi connectivity index (χ4v) is 4.93. The second-order valence-corrected chi connectivity index (χ2v) is 10.2. The van der Waals surface area contributed by atoms with E-state index in [1.165, 1.54) is 0 Å². The summed E-state index contributed by atoms with van der Waals surface area (Å²) in [6, 6.07) is 26.3. The zero-order valence-corrected chi connectivity index (χ0v) is 23.5. The van der Waals surface area contributed by atoms with Gasteiger partial charge in [0.15, 0.2) is 6.61 Å². The van der Waals surface area contributed by atoms with E-state index >= 15 is 0 Å². The number of nitriles is 1. The highest BCUT2D eigenvalue weighted by atomic mass is 35.5. The fraction of sp³-hybridized carbons (Fsp3) is 0.0968. The van der Waals surface area contributed by atoms with E-state index in [-0.39, 0.29) is 30.4 Å². The predicted molar refractivity (Wildman–Crippen MR) is 156 cm³/mol. The Hall–Kier alpha value is -4.35. The minimum absolute atomic E-state index is 0.0444. The number of carbonyl (C=O) groups excluding carboxylic acids is 1. The number of esters is 1. The van der Waals surface area contributed by atoms with E-state index < -0.39 is 11.9 Å². The average molecular weight is 608 g/mol. The Morgan fingerprint density at radius 2 is 1.63 bits per heavy atom. The lowest BCUT2D eigenvalue weighted by atomic mass is 9.83. The molecule has 10 heteroatoms. The SMILES string of the molecule is N#CC1=C(N)Oc2cc(OC(=O)COc3cccc(Cl)c3)ccc2C1c1cccc(OCc2ccc(Cl)cc2Cl)c1. The molecule has 0 fully saturated rings. The number of nitrogens with zero attached hydrogens (tertiary/aromatic N) is 1. The number of halogens is 3. The molecule has 0 amide bonds. The Balaban J connectivity index is 1.34. The zero-order chi connectivity index (χ0) is 28.9. The van der Waals surface area contributed by atoms with Gasteiger partial charge in [-0.05, 0) is 54.1 Å². The van der Waals surface area contributed by atoms with Crippen LogP contribution in [0.2, 0.25) is 15.1 Å². The molecule has 206 valence electrons. The van der Waals surface area contributed by atoms with E-state index in [9.17, 15) is 10.1 Å². The number of ether oxygens (including phenoxy) is 4. The maximum Gasteiger partial charge on any atom is 0.349 e. The number of nitrogens with two attached hydrogens (primary N) is 1. The minimum Gasteiger partial charge on any atom is -0.489 e. The highest BCUT2D eigenvalue weighted by Gasteiger charge is 2.31. The van der Waals surface area contributed by atoms with Gasteiger partial charge in [-0.2, -0.15) is 5.26 Å². The number of hydrogen-bond donors (Lipinski definition) is 1. The summed E-state index contributed by atoms with van der Waals surface area (Å²) >= 11 is 18.2. The second kappa shape index (κ2) is 12.4. The first-order valence-corrected chi connectivity index (χ1v) is 13.4. The highest BCUT2D eigenvalue weighted by molar-refractivity contribution is 6.35. The molecule has 1 unspecified atom stereocenters. The molecule has 2 N–H and O–H groups in total. The van der Waals surface area contributed by atoms with E-state index in [1.807, 2.05) is 18.2 Å². The van der Waals surface area contributed by atoms with Crippen molar-refractivity contribution in [3.8, 4) is 29.1 Å². The summed E-state index contributed by atoms with van der Waals surface area (Å²) in [5.41, 5.74) is 8.60. The summed E-state index contributed by atoms with van der Waals surface area (Å²) in [5, 5.41) is 11.4. The third kappa shape index (κ3) is 6.69. The molecule has 0 aliphatic carbocycles. The smallest absolute Gasteiger partial charge is 0.349 e. The van der Waals surface area contributed by atoms with Crippen molar-refractivity contribution in [2.24, 2.45) is 5.73 Å². The summed E-state index contributed by atoms with van der Waals surface area (Å²) in [7, 11) is 0. The topological polar surface area (TPSA) is 104 Å². The van der Waals surface area contributed by atoms with Gasteiger partial charge in [0.1, 0.15) is 41.2 Å². The number of hydrogen-bond acceptors (Lipinski definition) is 7. The summed E-state index contributed by atoms with van der Waals surface area (Å²) in [4.78, 5) is 12.4. The zero-order valence-electron chi connectivity index (χ0n) is 21.3. The Bertz CT molecular complexity index is 1700. The van der Waals surface area contributed by atoms with Gasteiger partial charge in [0.05, 0.1) is 5.92 Å². The molecule has 1 aliphatic heterocycles. The molecule has 0 bridgehead atoms. The van der Waals surface area contributed by atoms with Gasteiger partial charge in [0.25, 0.3) is 0 Å². The predicted octanol–water partition coefficient (Wildman–Crippen LogP) is 7.43. The first kappa shape index (κ1) is 28.2. The van der Waals surface area contributed by atoms with Gasteiger partial charge in [-0.15, -0.1) is 0 Å². The number of allylic oxidation sites excluding steroid dienone is 1. The standard InChI is InChI=1S/C31H21Cl3N2O5/c32-20-4-2-6-23(12-20)39-17-29(37)40-24-9-10-25-28(14-24)41-31(36)26(15-35)30(25)18-3-1-5-22(11-18)38-16-19-7-8-21(33)13-27(19)34/h1-14,30H,16-17,36H2.